The van der Waals surface area contributed by atoms with Crippen molar-refractivity contribution in [3.8, 4) is 5.88 Å². The standard InChI is InChI=1S/C22H26N2O3/c1-16-6-5-7-17(14-16)21(25)24-13-11-22(26-2)10-9-18(15-19(22)24)27-20-8-3-4-12-23-20/h3-8,12,14,18-19H,9-11,13,15H2,1-2H3/t18?,19?,22-/m1/s1. The first-order chi connectivity index (χ1) is 13.1. The zero-order valence-corrected chi connectivity index (χ0v) is 15.9. The van der Waals surface area contributed by atoms with Gasteiger partial charge in [0.05, 0.1) is 11.6 Å². The number of rotatable bonds is 4. The zero-order chi connectivity index (χ0) is 18.9. The molecule has 1 aromatic heterocycles. The lowest BCUT2D eigenvalue weighted by Crippen LogP contribution is -2.53. The largest absolute Gasteiger partial charge is 0.474 e. The molecule has 0 bridgehead atoms. The Morgan fingerprint density at radius 1 is 1.22 bits per heavy atom. The Hall–Kier alpha value is -2.40. The number of carbonyl (C=O) groups excluding carboxylic acids is 1. The molecule has 0 spiro atoms. The molecule has 1 saturated carbocycles. The number of hydrogen-bond acceptors (Lipinski definition) is 4. The summed E-state index contributed by atoms with van der Waals surface area (Å²) >= 11 is 0. The molecule has 2 aromatic rings. The molecule has 1 aliphatic carbocycles. The number of likely N-dealkylation sites (tertiary alicyclic amines) is 1. The van der Waals surface area contributed by atoms with Gasteiger partial charge in [-0.15, -0.1) is 0 Å². The number of nitrogens with zero attached hydrogens (tertiary/aromatic N) is 2. The normalized spacial score (nSPS) is 27.3. The monoisotopic (exact) mass is 366 g/mol. The fourth-order valence-corrected chi connectivity index (χ4v) is 4.54. The summed E-state index contributed by atoms with van der Waals surface area (Å²) in [7, 11) is 1.77. The molecule has 2 unspecified atom stereocenters. The maximum Gasteiger partial charge on any atom is 0.254 e. The van der Waals surface area contributed by atoms with Gasteiger partial charge in [-0.2, -0.15) is 0 Å². The molecule has 1 saturated heterocycles. The highest BCUT2D eigenvalue weighted by Gasteiger charge is 2.53. The topological polar surface area (TPSA) is 51.7 Å². The van der Waals surface area contributed by atoms with E-state index in [0.29, 0.717) is 5.88 Å². The minimum atomic E-state index is -0.260. The van der Waals surface area contributed by atoms with E-state index < -0.39 is 0 Å². The number of benzene rings is 1. The van der Waals surface area contributed by atoms with Crippen molar-refractivity contribution in [1.82, 2.24) is 9.88 Å². The van der Waals surface area contributed by atoms with Crippen LogP contribution in [0.1, 0.15) is 41.6 Å². The Morgan fingerprint density at radius 3 is 2.85 bits per heavy atom. The van der Waals surface area contributed by atoms with Gasteiger partial charge >= 0.3 is 0 Å². The highest BCUT2D eigenvalue weighted by Crippen LogP contribution is 2.43. The van der Waals surface area contributed by atoms with Gasteiger partial charge in [-0.05, 0) is 44.4 Å². The molecule has 3 atom stereocenters. The Bertz CT molecular complexity index is 810. The number of carbonyl (C=O) groups is 1. The first-order valence-corrected chi connectivity index (χ1v) is 9.62. The summed E-state index contributed by atoms with van der Waals surface area (Å²) in [5.74, 6) is 0.725. The highest BCUT2D eigenvalue weighted by atomic mass is 16.5. The molecule has 5 nitrogen and oxygen atoms in total. The smallest absolute Gasteiger partial charge is 0.254 e. The van der Waals surface area contributed by atoms with E-state index in [-0.39, 0.29) is 23.7 Å². The molecule has 4 rings (SSSR count). The third kappa shape index (κ3) is 3.44. The third-order valence-electron chi connectivity index (χ3n) is 5.99. The van der Waals surface area contributed by atoms with E-state index in [1.54, 1.807) is 13.3 Å². The molecule has 1 aliphatic heterocycles. The van der Waals surface area contributed by atoms with Gasteiger partial charge in [-0.25, -0.2) is 4.98 Å². The van der Waals surface area contributed by atoms with Crippen LogP contribution in [-0.2, 0) is 4.74 Å². The molecule has 2 fully saturated rings. The van der Waals surface area contributed by atoms with E-state index >= 15 is 0 Å². The van der Waals surface area contributed by atoms with Crippen LogP contribution in [0.2, 0.25) is 0 Å². The predicted molar refractivity (Wildman–Crippen MR) is 103 cm³/mol. The molecule has 2 heterocycles. The van der Waals surface area contributed by atoms with Crippen LogP contribution >= 0.6 is 0 Å². The third-order valence-corrected chi connectivity index (χ3v) is 5.99. The predicted octanol–water partition coefficient (Wildman–Crippen LogP) is 3.62. The lowest BCUT2D eigenvalue weighted by Gasteiger charge is -2.43. The van der Waals surface area contributed by atoms with Crippen LogP contribution in [0.25, 0.3) is 0 Å². The van der Waals surface area contributed by atoms with Crippen molar-refractivity contribution >= 4 is 5.91 Å². The van der Waals surface area contributed by atoms with E-state index in [9.17, 15) is 4.79 Å². The van der Waals surface area contributed by atoms with Crippen molar-refractivity contribution in [3.05, 3.63) is 59.8 Å². The summed E-state index contributed by atoms with van der Waals surface area (Å²) in [5.41, 5.74) is 1.58. The van der Waals surface area contributed by atoms with E-state index in [0.717, 1.165) is 43.4 Å². The van der Waals surface area contributed by atoms with Crippen LogP contribution < -0.4 is 4.74 Å². The lowest BCUT2D eigenvalue weighted by atomic mass is 9.79. The Labute approximate surface area is 160 Å². The van der Waals surface area contributed by atoms with Gasteiger partial charge in [0.25, 0.3) is 5.91 Å². The van der Waals surface area contributed by atoms with Crippen molar-refractivity contribution in [2.45, 2.75) is 50.4 Å². The molecule has 5 heteroatoms. The molecule has 1 aromatic carbocycles. The molecule has 0 radical (unpaired) electrons. The second-order valence-corrected chi connectivity index (χ2v) is 7.58. The van der Waals surface area contributed by atoms with Gasteiger partial charge in [0.15, 0.2) is 0 Å². The van der Waals surface area contributed by atoms with Crippen molar-refractivity contribution in [2.24, 2.45) is 0 Å². The fraction of sp³-hybridized carbons (Fsp3) is 0.455. The number of methoxy groups -OCH3 is 1. The van der Waals surface area contributed by atoms with Gasteiger partial charge in [-0.3, -0.25) is 4.79 Å². The van der Waals surface area contributed by atoms with Gasteiger partial charge in [0, 0.05) is 37.9 Å². The summed E-state index contributed by atoms with van der Waals surface area (Å²) < 4.78 is 12.1. The van der Waals surface area contributed by atoms with Crippen molar-refractivity contribution in [2.75, 3.05) is 13.7 Å². The number of amides is 1. The van der Waals surface area contributed by atoms with Crippen LogP contribution in [0.3, 0.4) is 0 Å². The van der Waals surface area contributed by atoms with Gasteiger partial charge < -0.3 is 14.4 Å². The summed E-state index contributed by atoms with van der Waals surface area (Å²) in [5, 5.41) is 0. The SMILES string of the molecule is CO[C@@]12CCC(Oc3ccccn3)CC1N(C(=O)c1cccc(C)c1)CC2. The number of aromatic nitrogens is 1. The first kappa shape index (κ1) is 18.0. The summed E-state index contributed by atoms with van der Waals surface area (Å²) in [6, 6.07) is 13.5. The Morgan fingerprint density at radius 2 is 2.11 bits per heavy atom. The van der Waals surface area contributed by atoms with Crippen molar-refractivity contribution in [3.63, 3.8) is 0 Å². The molecule has 0 N–H and O–H groups in total. The molecule has 27 heavy (non-hydrogen) atoms. The fourth-order valence-electron chi connectivity index (χ4n) is 4.54. The van der Waals surface area contributed by atoms with E-state index in [1.165, 1.54) is 0 Å². The zero-order valence-electron chi connectivity index (χ0n) is 15.9. The maximum absolute atomic E-state index is 13.2. The number of hydrogen-bond donors (Lipinski definition) is 0. The van der Waals surface area contributed by atoms with Crippen LogP contribution in [0.15, 0.2) is 48.7 Å². The summed E-state index contributed by atoms with van der Waals surface area (Å²) in [6.07, 6.45) is 5.22. The lowest BCUT2D eigenvalue weighted by molar-refractivity contribution is -0.0788. The van der Waals surface area contributed by atoms with Gasteiger partial charge in [-0.1, -0.05) is 23.8 Å². The van der Waals surface area contributed by atoms with Crippen LogP contribution in [0, 0.1) is 6.92 Å². The van der Waals surface area contributed by atoms with Crippen molar-refractivity contribution < 1.29 is 14.3 Å². The molecular weight excluding hydrogens is 340 g/mol. The molecule has 2 aliphatic rings. The van der Waals surface area contributed by atoms with Crippen LogP contribution in [-0.4, -0.2) is 47.2 Å². The minimum Gasteiger partial charge on any atom is -0.474 e. The number of ether oxygens (including phenoxy) is 2. The average Bonchev–Trinajstić information content (AvgIpc) is 3.07. The highest BCUT2D eigenvalue weighted by molar-refractivity contribution is 5.95. The summed E-state index contributed by atoms with van der Waals surface area (Å²) in [6.45, 7) is 2.74. The quantitative estimate of drug-likeness (QED) is 0.829. The second kappa shape index (κ2) is 7.31. The first-order valence-electron chi connectivity index (χ1n) is 9.62. The number of aryl methyl sites for hydroxylation is 1. The second-order valence-electron chi connectivity index (χ2n) is 7.58. The van der Waals surface area contributed by atoms with E-state index in [4.69, 9.17) is 9.47 Å². The van der Waals surface area contributed by atoms with Gasteiger partial charge in [0.2, 0.25) is 5.88 Å². The van der Waals surface area contributed by atoms with E-state index in [2.05, 4.69) is 4.98 Å². The van der Waals surface area contributed by atoms with Crippen molar-refractivity contribution in [1.29, 1.82) is 0 Å². The molecule has 1 amide bonds. The number of fused-ring (bicyclic) bond motifs is 1. The minimum absolute atomic E-state index is 0.0259. The Balaban J connectivity index is 1.55. The van der Waals surface area contributed by atoms with Gasteiger partial charge in [0.1, 0.15) is 6.10 Å². The maximum atomic E-state index is 13.2. The summed E-state index contributed by atoms with van der Waals surface area (Å²) in [4.78, 5) is 19.5. The average molecular weight is 366 g/mol. The molecular formula is C22H26N2O3. The van der Waals surface area contributed by atoms with E-state index in [1.807, 2.05) is 54.3 Å². The van der Waals surface area contributed by atoms with Crippen LogP contribution in [0.4, 0.5) is 0 Å². The van der Waals surface area contributed by atoms with Crippen LogP contribution in [0.5, 0.6) is 5.88 Å². The Kier molecular flexibility index (Phi) is 4.87. The molecule has 142 valence electrons. The number of pyridine rings is 1.